The van der Waals surface area contributed by atoms with Gasteiger partial charge in [0.05, 0.1) is 10.2 Å². The molecule has 9 rings (SSSR count). The summed E-state index contributed by atoms with van der Waals surface area (Å²) in [6, 6.07) is 55.3. The first-order valence-corrected chi connectivity index (χ1v) is 17.0. The van der Waals surface area contributed by atoms with Crippen molar-refractivity contribution in [3.63, 3.8) is 0 Å². The van der Waals surface area contributed by atoms with Crippen LogP contribution in [0, 0.1) is 6.92 Å². The molecule has 2 aliphatic rings. The zero-order valence-corrected chi connectivity index (χ0v) is 35.2. The van der Waals surface area contributed by atoms with Gasteiger partial charge in [0.15, 0.2) is 0 Å². The van der Waals surface area contributed by atoms with E-state index in [0.717, 1.165) is 0 Å². The van der Waals surface area contributed by atoms with Crippen LogP contribution in [0.5, 0.6) is 0 Å². The predicted octanol–water partition coefficient (Wildman–Crippen LogP) is 8.13. The molecule has 2 atom stereocenters. The molecule has 2 unspecified atom stereocenters. The van der Waals surface area contributed by atoms with Crippen molar-refractivity contribution >= 4 is 86.1 Å². The van der Waals surface area contributed by atoms with Crippen molar-refractivity contribution in [2.24, 2.45) is 0 Å². The van der Waals surface area contributed by atoms with Gasteiger partial charge in [0.25, 0.3) is 0 Å². The average molecular weight is 881 g/mol. The van der Waals surface area contributed by atoms with E-state index in [1.807, 2.05) is 18.2 Å². The van der Waals surface area contributed by atoms with Crippen LogP contribution in [0.2, 0.25) is 0 Å². The minimum absolute atomic E-state index is 0. The number of fused-ring (bicyclic) bond motifs is 4. The molecule has 0 aliphatic heterocycles. The standard InChI is InChI=1S/2C20H15.C7H7Si.2ClH.Hf/c2*1-20(13-16-8-2-3-9-17(16)14-20)19-12-6-10-15-7-4-5-11-18(15)19;1-6-4-2-3-5-7(6)8;;;/h2*2-13H,1H3;2-5H,1H3;2*1H;/q2*-1;;;;. The van der Waals surface area contributed by atoms with Crippen LogP contribution in [-0.4, -0.2) is 10.2 Å². The van der Waals surface area contributed by atoms with Gasteiger partial charge in [-0.1, -0.05) is 146 Å². The van der Waals surface area contributed by atoms with Crippen molar-refractivity contribution in [3.05, 3.63) is 195 Å². The smallest absolute Gasteiger partial charge is 0.0715 e. The fourth-order valence-electron chi connectivity index (χ4n) is 6.95. The molecule has 51 heavy (non-hydrogen) atoms. The van der Waals surface area contributed by atoms with Gasteiger partial charge in [0, 0.05) is 25.8 Å². The first-order chi connectivity index (χ1) is 23.3. The van der Waals surface area contributed by atoms with E-state index in [1.165, 1.54) is 64.3 Å². The van der Waals surface area contributed by atoms with E-state index in [0.29, 0.717) is 0 Å². The van der Waals surface area contributed by atoms with E-state index in [4.69, 9.17) is 0 Å². The van der Waals surface area contributed by atoms with Crippen molar-refractivity contribution in [1.82, 2.24) is 0 Å². The molecular weight excluding hydrogens is 842 g/mol. The Labute approximate surface area is 336 Å². The quantitative estimate of drug-likeness (QED) is 0.122. The number of benzene rings is 7. The van der Waals surface area contributed by atoms with Crippen molar-refractivity contribution in [2.75, 3.05) is 0 Å². The monoisotopic (exact) mass is 881 g/mol. The van der Waals surface area contributed by atoms with Crippen LogP contribution in [0.15, 0.2) is 158 Å². The molecule has 4 heteroatoms. The molecule has 0 fully saturated rings. The molecule has 3 radical (unpaired) electrons. The van der Waals surface area contributed by atoms with Gasteiger partial charge < -0.3 is 0 Å². The fourth-order valence-corrected chi connectivity index (χ4v) is 7.13. The normalized spacial score (nSPS) is 17.3. The molecular formula is C47H39Cl2HfSi-2. The molecule has 0 saturated carbocycles. The number of hydrogen-bond acceptors (Lipinski definition) is 0. The molecule has 0 aromatic heterocycles. The number of aryl methyl sites for hydroxylation is 1. The maximum atomic E-state index is 3.66. The van der Waals surface area contributed by atoms with E-state index in [2.05, 4.69) is 195 Å². The Kier molecular flexibility index (Phi) is 13.4. The zero-order chi connectivity index (χ0) is 33.1. The number of halogens is 2. The number of rotatable bonds is 2. The first-order valence-electron chi connectivity index (χ1n) is 16.5. The number of hydrogen-bond donors (Lipinski definition) is 0. The topological polar surface area (TPSA) is 0 Å². The molecule has 0 N–H and O–H groups in total. The maximum Gasteiger partial charge on any atom is 0.0715 e. The SMILES string of the molecule is CC1(c2cccc3ccccc23)[C-]=c2ccccc2=C1.CC1(c2cccc3ccccc23)[C-]=c2ccccc2=C1.Cc1ccccc1[Si].Cl.Cl.[Hf]. The summed E-state index contributed by atoms with van der Waals surface area (Å²) in [6.45, 7) is 6.56. The molecule has 0 heterocycles. The summed E-state index contributed by atoms with van der Waals surface area (Å²) >= 11 is 0. The van der Waals surface area contributed by atoms with E-state index in [9.17, 15) is 0 Å². The minimum Gasteiger partial charge on any atom is -0.189 e. The Balaban J connectivity index is 0.000000180. The van der Waals surface area contributed by atoms with Crippen LogP contribution in [-0.2, 0) is 36.7 Å². The fraction of sp³-hybridized carbons (Fsp3) is 0.106. The van der Waals surface area contributed by atoms with Gasteiger partial charge in [-0.05, 0) is 50.4 Å². The van der Waals surface area contributed by atoms with Crippen molar-refractivity contribution in [2.45, 2.75) is 31.6 Å². The van der Waals surface area contributed by atoms with E-state index < -0.39 is 0 Å². The Hall–Kier alpha value is -3.79. The van der Waals surface area contributed by atoms with Gasteiger partial charge in [-0.3, -0.25) is 0 Å². The van der Waals surface area contributed by atoms with Gasteiger partial charge >= 0.3 is 0 Å². The van der Waals surface area contributed by atoms with E-state index >= 15 is 0 Å². The molecule has 7 aromatic rings. The van der Waals surface area contributed by atoms with Gasteiger partial charge in [-0.25, -0.2) is 0 Å². The molecule has 0 bridgehead atoms. The van der Waals surface area contributed by atoms with Crippen LogP contribution in [0.4, 0.5) is 0 Å². The summed E-state index contributed by atoms with van der Waals surface area (Å²) < 4.78 is 0. The Bertz CT molecular complexity index is 2280. The van der Waals surface area contributed by atoms with Gasteiger partial charge in [-0.2, -0.15) is 34.7 Å². The minimum atomic E-state index is -0.148. The third-order valence-corrected chi connectivity index (χ3v) is 10.0. The van der Waals surface area contributed by atoms with Crippen molar-refractivity contribution < 1.29 is 25.8 Å². The van der Waals surface area contributed by atoms with Gasteiger partial charge in [0.2, 0.25) is 0 Å². The molecule has 2 aliphatic carbocycles. The van der Waals surface area contributed by atoms with Crippen LogP contribution >= 0.6 is 24.8 Å². The Morgan fingerprint density at radius 1 is 0.451 bits per heavy atom. The Morgan fingerprint density at radius 2 is 0.824 bits per heavy atom. The molecule has 0 nitrogen and oxygen atoms in total. The summed E-state index contributed by atoms with van der Waals surface area (Å²) in [4.78, 5) is 0. The zero-order valence-electron chi connectivity index (χ0n) is 29.0. The van der Waals surface area contributed by atoms with Gasteiger partial charge in [-0.15, -0.1) is 71.7 Å². The van der Waals surface area contributed by atoms with Crippen LogP contribution in [0.1, 0.15) is 30.5 Å². The second kappa shape index (κ2) is 17.1. The third kappa shape index (κ3) is 8.48. The van der Waals surface area contributed by atoms with Crippen LogP contribution in [0.3, 0.4) is 0 Å². The largest absolute Gasteiger partial charge is 0.189 e. The summed E-state index contributed by atoms with van der Waals surface area (Å²) in [5.74, 6) is 0. The van der Waals surface area contributed by atoms with E-state index in [1.54, 1.807) is 0 Å². The molecule has 251 valence electrons. The Morgan fingerprint density at radius 3 is 1.24 bits per heavy atom. The second-order valence-corrected chi connectivity index (χ2v) is 13.5. The van der Waals surface area contributed by atoms with Gasteiger partial charge in [0.1, 0.15) is 0 Å². The first kappa shape index (κ1) is 40.0. The van der Waals surface area contributed by atoms with Crippen LogP contribution in [0.25, 0.3) is 45.8 Å². The predicted molar refractivity (Wildman–Crippen MR) is 221 cm³/mol. The maximum absolute atomic E-state index is 3.66. The molecule has 0 amide bonds. The second-order valence-electron chi connectivity index (χ2n) is 13.0. The average Bonchev–Trinajstić information content (AvgIpc) is 3.66. The van der Waals surface area contributed by atoms with E-state index in [-0.39, 0.29) is 61.5 Å². The van der Waals surface area contributed by atoms with Crippen molar-refractivity contribution in [3.8, 4) is 0 Å². The van der Waals surface area contributed by atoms with Crippen LogP contribution < -0.4 is 26.1 Å². The van der Waals surface area contributed by atoms with Crippen molar-refractivity contribution in [1.29, 1.82) is 0 Å². The molecule has 0 saturated heterocycles. The summed E-state index contributed by atoms with van der Waals surface area (Å²) in [6.07, 6.45) is 12.0. The molecule has 7 aromatic carbocycles. The molecule has 0 spiro atoms. The summed E-state index contributed by atoms with van der Waals surface area (Å²) in [5, 5.41) is 11.4. The summed E-state index contributed by atoms with van der Waals surface area (Å²) in [5.41, 5.74) is 3.64. The third-order valence-electron chi connectivity index (χ3n) is 9.44. The summed E-state index contributed by atoms with van der Waals surface area (Å²) in [7, 11) is 3.44.